The van der Waals surface area contributed by atoms with Gasteiger partial charge in [0.25, 0.3) is 0 Å². The molecule has 1 heterocycles. The van der Waals surface area contributed by atoms with E-state index in [1.807, 2.05) is 0 Å². The molecule has 0 aliphatic carbocycles. The van der Waals surface area contributed by atoms with Gasteiger partial charge in [0.15, 0.2) is 0 Å². The van der Waals surface area contributed by atoms with Gasteiger partial charge in [-0.1, -0.05) is 6.07 Å². The van der Waals surface area contributed by atoms with Crippen LogP contribution < -0.4 is 0 Å². The Morgan fingerprint density at radius 2 is 1.96 bits per heavy atom. The number of amides is 1. The summed E-state index contributed by atoms with van der Waals surface area (Å²) in [7, 11) is 1.39. The first-order chi connectivity index (χ1) is 10.5. The summed E-state index contributed by atoms with van der Waals surface area (Å²) in [6.45, 7) is 1.40. The number of alkyl halides is 3. The maximum atomic E-state index is 14.1. The van der Waals surface area contributed by atoms with E-state index in [9.17, 15) is 32.3 Å². The van der Waals surface area contributed by atoms with Crippen LogP contribution in [0.5, 0.6) is 0 Å². The van der Waals surface area contributed by atoms with Crippen molar-refractivity contribution in [3.63, 3.8) is 0 Å². The molecular formula is C15H13F4NO3. The monoisotopic (exact) mass is 331 g/mol. The van der Waals surface area contributed by atoms with Crippen LogP contribution in [0.1, 0.15) is 30.4 Å². The lowest BCUT2D eigenvalue weighted by molar-refractivity contribution is -0.138. The number of hydrogen-bond donors (Lipinski definition) is 1. The number of carboxylic acids is 1. The predicted molar refractivity (Wildman–Crippen MR) is 71.9 cm³/mol. The van der Waals surface area contributed by atoms with E-state index in [-0.39, 0.29) is 23.3 Å². The highest BCUT2D eigenvalue weighted by Gasteiger charge is 2.37. The summed E-state index contributed by atoms with van der Waals surface area (Å²) in [4.78, 5) is 24.5. The van der Waals surface area contributed by atoms with Crippen molar-refractivity contribution >= 4 is 11.9 Å². The molecule has 1 amide bonds. The minimum atomic E-state index is -4.71. The zero-order valence-corrected chi connectivity index (χ0v) is 12.2. The number of hydrogen-bond acceptors (Lipinski definition) is 2. The van der Waals surface area contributed by atoms with E-state index in [0.29, 0.717) is 12.1 Å². The van der Waals surface area contributed by atoms with E-state index in [2.05, 4.69) is 0 Å². The first kappa shape index (κ1) is 17.0. The zero-order valence-electron chi connectivity index (χ0n) is 12.2. The van der Waals surface area contributed by atoms with Crippen LogP contribution in [-0.2, 0) is 15.8 Å². The number of carbonyl (C=O) groups excluding carboxylic acids is 1. The van der Waals surface area contributed by atoms with Crippen LogP contribution in [0.25, 0.3) is 0 Å². The molecule has 2 rings (SSSR count). The first-order valence-electron chi connectivity index (χ1n) is 6.61. The number of aliphatic carboxylic acids is 1. The number of carbonyl (C=O) groups is 2. The lowest BCUT2D eigenvalue weighted by atomic mass is 9.83. The van der Waals surface area contributed by atoms with Gasteiger partial charge in [0.2, 0.25) is 5.91 Å². The van der Waals surface area contributed by atoms with Crippen molar-refractivity contribution in [1.82, 2.24) is 4.90 Å². The second kappa shape index (κ2) is 5.68. The van der Waals surface area contributed by atoms with Gasteiger partial charge in [-0.15, -0.1) is 0 Å². The molecule has 4 nitrogen and oxygen atoms in total. The summed E-state index contributed by atoms with van der Waals surface area (Å²) in [5, 5.41) is 9.32. The minimum Gasteiger partial charge on any atom is -0.478 e. The Morgan fingerprint density at radius 3 is 2.43 bits per heavy atom. The van der Waals surface area contributed by atoms with E-state index in [1.54, 1.807) is 0 Å². The summed E-state index contributed by atoms with van der Waals surface area (Å²) in [5.41, 5.74) is -1.48. The standard InChI is InChI=1S/C15H13F4NO3/c1-7-13(14(22)23)10(6-12(21)20(7)2)9-4-3-8(5-11(9)16)15(17,18)19/h3-5,10H,6H2,1-2H3,(H,22,23). The second-order valence-electron chi connectivity index (χ2n) is 5.25. The summed E-state index contributed by atoms with van der Waals surface area (Å²) in [6, 6.07) is 1.88. The lowest BCUT2D eigenvalue weighted by Gasteiger charge is -2.31. The van der Waals surface area contributed by atoms with Gasteiger partial charge < -0.3 is 10.0 Å². The molecular weight excluding hydrogens is 318 g/mol. The molecule has 0 saturated heterocycles. The van der Waals surface area contributed by atoms with Crippen LogP contribution in [0.3, 0.4) is 0 Å². The van der Waals surface area contributed by atoms with Gasteiger partial charge in [0.05, 0.1) is 11.1 Å². The molecule has 8 heteroatoms. The van der Waals surface area contributed by atoms with Gasteiger partial charge in [-0.3, -0.25) is 4.79 Å². The third-order valence-corrected chi connectivity index (χ3v) is 3.93. The molecule has 0 fully saturated rings. The maximum absolute atomic E-state index is 14.1. The molecule has 1 aromatic carbocycles. The summed E-state index contributed by atoms with van der Waals surface area (Å²) >= 11 is 0. The third-order valence-electron chi connectivity index (χ3n) is 3.93. The number of nitrogens with zero attached hydrogens (tertiary/aromatic N) is 1. The summed E-state index contributed by atoms with van der Waals surface area (Å²) in [5.74, 6) is -4.09. The lowest BCUT2D eigenvalue weighted by Crippen LogP contribution is -2.35. The smallest absolute Gasteiger partial charge is 0.416 e. The fourth-order valence-electron chi connectivity index (χ4n) is 2.59. The van der Waals surface area contributed by atoms with E-state index >= 15 is 0 Å². The summed E-state index contributed by atoms with van der Waals surface area (Å²) in [6.07, 6.45) is -5.03. The number of allylic oxidation sites excluding steroid dienone is 1. The molecule has 23 heavy (non-hydrogen) atoms. The van der Waals surface area contributed by atoms with Crippen LogP contribution >= 0.6 is 0 Å². The van der Waals surface area contributed by atoms with Crippen molar-refractivity contribution in [2.75, 3.05) is 7.05 Å². The van der Waals surface area contributed by atoms with E-state index in [0.717, 1.165) is 11.0 Å². The SMILES string of the molecule is CC1=C(C(=O)O)C(c2ccc(C(F)(F)F)cc2F)CC(=O)N1C. The molecule has 0 aromatic heterocycles. The molecule has 124 valence electrons. The highest BCUT2D eigenvalue weighted by Crippen LogP contribution is 2.38. The summed E-state index contributed by atoms with van der Waals surface area (Å²) < 4.78 is 51.9. The zero-order chi connectivity index (χ0) is 17.5. The molecule has 0 saturated carbocycles. The average Bonchev–Trinajstić information content (AvgIpc) is 2.42. The van der Waals surface area contributed by atoms with E-state index in [4.69, 9.17) is 0 Å². The average molecular weight is 331 g/mol. The van der Waals surface area contributed by atoms with Crippen molar-refractivity contribution < 1.29 is 32.3 Å². The predicted octanol–water partition coefficient (Wildman–Crippen LogP) is 3.15. The maximum Gasteiger partial charge on any atom is 0.416 e. The van der Waals surface area contributed by atoms with Crippen molar-refractivity contribution in [2.45, 2.75) is 25.4 Å². The fraction of sp³-hybridized carbons (Fsp3) is 0.333. The Morgan fingerprint density at radius 1 is 1.35 bits per heavy atom. The normalized spacial score (nSPS) is 19.3. The first-order valence-corrected chi connectivity index (χ1v) is 6.61. The second-order valence-corrected chi connectivity index (χ2v) is 5.25. The molecule has 1 aliphatic rings. The third kappa shape index (κ3) is 3.06. The highest BCUT2D eigenvalue weighted by molar-refractivity contribution is 5.94. The largest absolute Gasteiger partial charge is 0.478 e. The number of rotatable bonds is 2. The Balaban J connectivity index is 2.56. The minimum absolute atomic E-state index is 0.137. The Hall–Kier alpha value is -2.38. The Bertz CT molecular complexity index is 709. The van der Waals surface area contributed by atoms with Gasteiger partial charge in [0.1, 0.15) is 5.82 Å². The van der Waals surface area contributed by atoms with Crippen molar-refractivity contribution in [3.05, 3.63) is 46.4 Å². The molecule has 1 atom stereocenters. The van der Waals surface area contributed by atoms with E-state index < -0.39 is 35.4 Å². The van der Waals surface area contributed by atoms with Crippen molar-refractivity contribution in [3.8, 4) is 0 Å². The van der Waals surface area contributed by atoms with E-state index in [1.165, 1.54) is 14.0 Å². The van der Waals surface area contributed by atoms with Crippen LogP contribution in [0, 0.1) is 5.82 Å². The number of halogens is 4. The molecule has 1 aromatic rings. The molecule has 1 N–H and O–H groups in total. The number of carboxylic acid groups (broad SMARTS) is 1. The van der Waals surface area contributed by atoms with Crippen molar-refractivity contribution in [1.29, 1.82) is 0 Å². The molecule has 0 bridgehead atoms. The number of benzene rings is 1. The molecule has 0 spiro atoms. The molecule has 1 unspecified atom stereocenters. The van der Waals surface area contributed by atoms with Crippen LogP contribution in [0.4, 0.5) is 17.6 Å². The van der Waals surface area contributed by atoms with Gasteiger partial charge in [0, 0.05) is 25.1 Å². The van der Waals surface area contributed by atoms with Gasteiger partial charge in [-0.05, 0) is 24.6 Å². The Labute approximate surface area is 129 Å². The fourth-order valence-corrected chi connectivity index (χ4v) is 2.59. The van der Waals surface area contributed by atoms with Gasteiger partial charge in [-0.25, -0.2) is 9.18 Å². The van der Waals surface area contributed by atoms with Crippen LogP contribution in [0.2, 0.25) is 0 Å². The van der Waals surface area contributed by atoms with Crippen LogP contribution in [0.15, 0.2) is 29.5 Å². The molecule has 1 aliphatic heterocycles. The van der Waals surface area contributed by atoms with Crippen molar-refractivity contribution in [2.24, 2.45) is 0 Å². The molecule has 0 radical (unpaired) electrons. The topological polar surface area (TPSA) is 57.6 Å². The quantitative estimate of drug-likeness (QED) is 0.847. The Kier molecular flexibility index (Phi) is 4.19. The van der Waals surface area contributed by atoms with Gasteiger partial charge >= 0.3 is 12.1 Å². The van der Waals surface area contributed by atoms with Crippen LogP contribution in [-0.4, -0.2) is 28.9 Å². The highest BCUT2D eigenvalue weighted by atomic mass is 19.4. The van der Waals surface area contributed by atoms with Gasteiger partial charge in [-0.2, -0.15) is 13.2 Å².